The molecule has 2 aromatic carbocycles. The van der Waals surface area contributed by atoms with Crippen molar-refractivity contribution in [2.45, 2.75) is 0 Å². The van der Waals surface area contributed by atoms with Gasteiger partial charge in [0.15, 0.2) is 11.6 Å². The summed E-state index contributed by atoms with van der Waals surface area (Å²) in [6.07, 6.45) is 3.49. The van der Waals surface area contributed by atoms with E-state index >= 15 is 0 Å². The van der Waals surface area contributed by atoms with Gasteiger partial charge in [0.05, 0.1) is 0 Å². The predicted octanol–water partition coefficient (Wildman–Crippen LogP) is 4.21. The van der Waals surface area contributed by atoms with Gasteiger partial charge in [-0.15, -0.1) is 0 Å². The maximum Gasteiger partial charge on any atom is 0.163 e. The minimum absolute atomic E-state index is 0.311. The van der Waals surface area contributed by atoms with E-state index in [1.165, 1.54) is 12.1 Å². The molecule has 0 fully saturated rings. The summed E-state index contributed by atoms with van der Waals surface area (Å²) >= 11 is 0. The van der Waals surface area contributed by atoms with Gasteiger partial charge in [-0.25, -0.2) is 19.0 Å². The molecule has 6 heteroatoms. The second kappa shape index (κ2) is 6.52. The van der Waals surface area contributed by atoms with E-state index in [0.29, 0.717) is 23.1 Å². The molecular formula is C19H14FN5. The van der Waals surface area contributed by atoms with Crippen molar-refractivity contribution in [2.24, 2.45) is 0 Å². The zero-order valence-electron chi connectivity index (χ0n) is 13.2. The molecule has 2 aromatic heterocycles. The van der Waals surface area contributed by atoms with Crippen molar-refractivity contribution >= 4 is 11.5 Å². The number of aromatic nitrogens is 4. The van der Waals surface area contributed by atoms with E-state index < -0.39 is 0 Å². The van der Waals surface area contributed by atoms with Crippen molar-refractivity contribution in [3.8, 4) is 17.2 Å². The Hall–Kier alpha value is -3.54. The molecule has 5 nitrogen and oxygen atoms in total. The third-order valence-corrected chi connectivity index (χ3v) is 3.58. The monoisotopic (exact) mass is 331 g/mol. The predicted molar refractivity (Wildman–Crippen MR) is 94.3 cm³/mol. The van der Waals surface area contributed by atoms with Crippen LogP contribution in [0.4, 0.5) is 15.9 Å². The van der Waals surface area contributed by atoms with E-state index in [1.807, 2.05) is 42.6 Å². The van der Waals surface area contributed by atoms with Crippen LogP contribution in [0.15, 0.2) is 79.1 Å². The van der Waals surface area contributed by atoms with Crippen LogP contribution in [0.1, 0.15) is 0 Å². The van der Waals surface area contributed by atoms with E-state index in [-0.39, 0.29) is 5.82 Å². The highest BCUT2D eigenvalue weighted by molar-refractivity contribution is 5.63. The fraction of sp³-hybridized carbons (Fsp3) is 0. The number of benzene rings is 2. The van der Waals surface area contributed by atoms with Gasteiger partial charge in [-0.3, -0.25) is 0 Å². The summed E-state index contributed by atoms with van der Waals surface area (Å²) in [5.74, 6) is 1.44. The van der Waals surface area contributed by atoms with Crippen LogP contribution in [-0.4, -0.2) is 19.7 Å². The number of hydrogen-bond donors (Lipinski definition) is 1. The van der Waals surface area contributed by atoms with Gasteiger partial charge < -0.3 is 5.32 Å². The molecule has 1 N–H and O–H groups in total. The first kappa shape index (κ1) is 15.0. The molecule has 0 radical (unpaired) electrons. The van der Waals surface area contributed by atoms with E-state index in [4.69, 9.17) is 0 Å². The highest BCUT2D eigenvalue weighted by Gasteiger charge is 2.09. The fourth-order valence-electron chi connectivity index (χ4n) is 2.45. The quantitative estimate of drug-likeness (QED) is 0.608. The Bertz CT molecular complexity index is 984. The van der Waals surface area contributed by atoms with Crippen LogP contribution in [0, 0.1) is 5.82 Å². The standard InChI is InChI=1S/C19H14FN5/c20-15-8-4-9-16(12-15)22-17-13-18(25-11-5-10-21-25)24-19(23-17)14-6-2-1-3-7-14/h1-13H,(H,22,23,24). The van der Waals surface area contributed by atoms with Crippen molar-refractivity contribution in [1.29, 1.82) is 0 Å². The van der Waals surface area contributed by atoms with Crippen molar-refractivity contribution in [3.05, 3.63) is 84.9 Å². The van der Waals surface area contributed by atoms with Gasteiger partial charge in [0.2, 0.25) is 0 Å². The summed E-state index contributed by atoms with van der Waals surface area (Å²) in [7, 11) is 0. The highest BCUT2D eigenvalue weighted by Crippen LogP contribution is 2.22. The Morgan fingerprint density at radius 1 is 0.880 bits per heavy atom. The van der Waals surface area contributed by atoms with Crippen LogP contribution < -0.4 is 5.32 Å². The second-order valence-corrected chi connectivity index (χ2v) is 5.39. The molecule has 0 atom stereocenters. The summed E-state index contributed by atoms with van der Waals surface area (Å²) in [5, 5.41) is 7.35. The first-order valence-electron chi connectivity index (χ1n) is 7.75. The molecule has 0 unspecified atom stereocenters. The normalized spacial score (nSPS) is 10.6. The molecule has 0 spiro atoms. The largest absolute Gasteiger partial charge is 0.340 e. The van der Waals surface area contributed by atoms with Crippen LogP contribution in [-0.2, 0) is 0 Å². The Labute approximate surface area is 143 Å². The van der Waals surface area contributed by atoms with E-state index in [2.05, 4.69) is 20.4 Å². The van der Waals surface area contributed by atoms with Crippen LogP contribution in [0.2, 0.25) is 0 Å². The minimum Gasteiger partial charge on any atom is -0.340 e. The number of anilines is 2. The van der Waals surface area contributed by atoms with Crippen LogP contribution in [0.5, 0.6) is 0 Å². The highest BCUT2D eigenvalue weighted by atomic mass is 19.1. The topological polar surface area (TPSA) is 55.6 Å². The molecule has 0 saturated carbocycles. The number of nitrogens with zero attached hydrogens (tertiary/aromatic N) is 4. The number of hydrogen-bond acceptors (Lipinski definition) is 4. The lowest BCUT2D eigenvalue weighted by Gasteiger charge is -2.10. The Kier molecular flexibility index (Phi) is 3.92. The van der Waals surface area contributed by atoms with Gasteiger partial charge in [-0.2, -0.15) is 5.10 Å². The second-order valence-electron chi connectivity index (χ2n) is 5.39. The van der Waals surface area contributed by atoms with Crippen LogP contribution in [0.25, 0.3) is 17.2 Å². The molecule has 4 aromatic rings. The molecular weight excluding hydrogens is 317 g/mol. The van der Waals surface area contributed by atoms with Crippen LogP contribution in [0.3, 0.4) is 0 Å². The van der Waals surface area contributed by atoms with Gasteiger partial charge in [-0.1, -0.05) is 36.4 Å². The maximum atomic E-state index is 13.4. The third kappa shape index (κ3) is 3.37. The summed E-state index contributed by atoms with van der Waals surface area (Å²) in [6.45, 7) is 0. The first-order chi connectivity index (χ1) is 12.3. The minimum atomic E-state index is -0.311. The Balaban J connectivity index is 1.79. The van der Waals surface area contributed by atoms with Gasteiger partial charge in [0, 0.05) is 29.7 Å². The molecule has 0 saturated heterocycles. The lowest BCUT2D eigenvalue weighted by Crippen LogP contribution is -2.04. The molecule has 25 heavy (non-hydrogen) atoms. The van der Waals surface area contributed by atoms with E-state index in [9.17, 15) is 4.39 Å². The van der Waals surface area contributed by atoms with Crippen molar-refractivity contribution < 1.29 is 4.39 Å². The Morgan fingerprint density at radius 3 is 2.52 bits per heavy atom. The fourth-order valence-corrected chi connectivity index (χ4v) is 2.45. The molecule has 0 aliphatic heterocycles. The zero-order valence-corrected chi connectivity index (χ0v) is 13.2. The number of nitrogens with one attached hydrogen (secondary N) is 1. The van der Waals surface area contributed by atoms with Crippen molar-refractivity contribution in [3.63, 3.8) is 0 Å². The lowest BCUT2D eigenvalue weighted by atomic mass is 10.2. The summed E-state index contributed by atoms with van der Waals surface area (Å²) < 4.78 is 15.1. The zero-order chi connectivity index (χ0) is 17.1. The average Bonchev–Trinajstić information content (AvgIpc) is 3.17. The first-order valence-corrected chi connectivity index (χ1v) is 7.75. The Morgan fingerprint density at radius 2 is 1.76 bits per heavy atom. The van der Waals surface area contributed by atoms with E-state index in [1.54, 1.807) is 29.1 Å². The molecule has 4 rings (SSSR count). The van der Waals surface area contributed by atoms with Crippen LogP contribution >= 0.6 is 0 Å². The third-order valence-electron chi connectivity index (χ3n) is 3.58. The van der Waals surface area contributed by atoms with Gasteiger partial charge >= 0.3 is 0 Å². The van der Waals surface area contributed by atoms with Crippen molar-refractivity contribution in [1.82, 2.24) is 19.7 Å². The smallest absolute Gasteiger partial charge is 0.163 e. The molecule has 0 aliphatic carbocycles. The van der Waals surface area contributed by atoms with Crippen molar-refractivity contribution in [2.75, 3.05) is 5.32 Å². The summed E-state index contributed by atoms with van der Waals surface area (Å²) in [6, 6.07) is 19.5. The molecule has 0 bridgehead atoms. The van der Waals surface area contributed by atoms with Gasteiger partial charge in [-0.05, 0) is 24.3 Å². The lowest BCUT2D eigenvalue weighted by molar-refractivity contribution is 0.628. The summed E-state index contributed by atoms with van der Waals surface area (Å²) in [4.78, 5) is 9.13. The van der Waals surface area contributed by atoms with E-state index in [0.717, 1.165) is 5.56 Å². The number of halogens is 1. The molecule has 0 aliphatic rings. The average molecular weight is 331 g/mol. The molecule has 122 valence electrons. The number of rotatable bonds is 4. The SMILES string of the molecule is Fc1cccc(Nc2cc(-n3cccn3)nc(-c3ccccc3)n2)c1. The molecule has 0 amide bonds. The van der Waals surface area contributed by atoms with Gasteiger partial charge in [0.25, 0.3) is 0 Å². The molecule has 2 heterocycles. The summed E-state index contributed by atoms with van der Waals surface area (Å²) in [5.41, 5.74) is 1.50. The van der Waals surface area contributed by atoms with Gasteiger partial charge in [0.1, 0.15) is 11.6 Å². The maximum absolute atomic E-state index is 13.4.